The van der Waals surface area contributed by atoms with Crippen molar-refractivity contribution in [1.29, 1.82) is 0 Å². The van der Waals surface area contributed by atoms with Gasteiger partial charge in [0.05, 0.1) is 11.4 Å². The van der Waals surface area contributed by atoms with E-state index in [4.69, 9.17) is 0 Å². The van der Waals surface area contributed by atoms with Crippen LogP contribution < -0.4 is 10.6 Å². The molecule has 0 amide bonds. The third-order valence-corrected chi connectivity index (χ3v) is 3.82. The average molecular weight is 303 g/mol. The highest BCUT2D eigenvalue weighted by molar-refractivity contribution is 9.10. The summed E-state index contributed by atoms with van der Waals surface area (Å²) in [4.78, 5) is 0. The van der Waals surface area contributed by atoms with Gasteiger partial charge in [0, 0.05) is 23.5 Å². The number of rotatable bonds is 1. The molecule has 1 unspecified atom stereocenters. The zero-order chi connectivity index (χ0) is 12.4. The van der Waals surface area contributed by atoms with E-state index in [9.17, 15) is 0 Å². The number of halogens is 1. The Morgan fingerprint density at radius 3 is 2.39 bits per heavy atom. The molecule has 2 N–H and O–H groups in total. The molecule has 18 heavy (non-hydrogen) atoms. The van der Waals surface area contributed by atoms with Gasteiger partial charge in [-0.05, 0) is 23.8 Å². The summed E-state index contributed by atoms with van der Waals surface area (Å²) in [6, 6.07) is 17.0. The largest absolute Gasteiger partial charge is 0.383 e. The van der Waals surface area contributed by atoms with E-state index in [-0.39, 0.29) is 0 Å². The fourth-order valence-electron chi connectivity index (χ4n) is 2.32. The Kier molecular flexibility index (Phi) is 3.24. The van der Waals surface area contributed by atoms with Gasteiger partial charge >= 0.3 is 0 Å². The number of hydrogen-bond donors (Lipinski definition) is 2. The van der Waals surface area contributed by atoms with Crippen molar-refractivity contribution in [3.63, 3.8) is 0 Å². The first-order chi connectivity index (χ1) is 8.83. The number of nitrogens with one attached hydrogen (secondary N) is 2. The van der Waals surface area contributed by atoms with Gasteiger partial charge in [0.2, 0.25) is 0 Å². The van der Waals surface area contributed by atoms with Gasteiger partial charge in [0.1, 0.15) is 0 Å². The molecule has 1 aliphatic rings. The van der Waals surface area contributed by atoms with Crippen LogP contribution in [0.1, 0.15) is 11.5 Å². The highest BCUT2D eigenvalue weighted by atomic mass is 79.9. The molecule has 0 aromatic heterocycles. The molecule has 3 heteroatoms. The summed E-state index contributed by atoms with van der Waals surface area (Å²) in [6.45, 7) is 1.92. The Morgan fingerprint density at radius 1 is 0.889 bits per heavy atom. The van der Waals surface area contributed by atoms with Gasteiger partial charge in [-0.3, -0.25) is 0 Å². The van der Waals surface area contributed by atoms with Crippen LogP contribution in [0.2, 0.25) is 0 Å². The van der Waals surface area contributed by atoms with E-state index in [1.807, 2.05) is 0 Å². The number of anilines is 2. The highest BCUT2D eigenvalue weighted by Crippen LogP contribution is 2.30. The second-order valence-corrected chi connectivity index (χ2v) is 5.47. The third kappa shape index (κ3) is 2.36. The molecular weight excluding hydrogens is 288 g/mol. The van der Waals surface area contributed by atoms with Crippen LogP contribution in [0.25, 0.3) is 0 Å². The van der Waals surface area contributed by atoms with E-state index in [1.54, 1.807) is 0 Å². The zero-order valence-corrected chi connectivity index (χ0v) is 11.6. The zero-order valence-electron chi connectivity index (χ0n) is 9.99. The molecule has 0 saturated carbocycles. The van der Waals surface area contributed by atoms with Crippen molar-refractivity contribution in [2.24, 2.45) is 0 Å². The lowest BCUT2D eigenvalue weighted by Gasteiger charge is -2.14. The lowest BCUT2D eigenvalue weighted by Crippen LogP contribution is -2.16. The van der Waals surface area contributed by atoms with Gasteiger partial charge in [-0.15, -0.1) is 0 Å². The summed E-state index contributed by atoms with van der Waals surface area (Å²) in [5.74, 6) is 0.498. The van der Waals surface area contributed by atoms with E-state index in [0.717, 1.165) is 17.6 Å². The van der Waals surface area contributed by atoms with Crippen molar-refractivity contribution < 1.29 is 0 Å². The lowest BCUT2D eigenvalue weighted by molar-refractivity contribution is 0.767. The fraction of sp³-hybridized carbons (Fsp3) is 0.200. The van der Waals surface area contributed by atoms with Crippen molar-refractivity contribution in [3.8, 4) is 0 Å². The lowest BCUT2D eigenvalue weighted by atomic mass is 9.99. The molecule has 0 spiro atoms. The first kappa shape index (κ1) is 11.6. The SMILES string of the molecule is Brc1ccc2c(c1)NCC(c1ccccc1)CN2. The quantitative estimate of drug-likeness (QED) is 0.830. The van der Waals surface area contributed by atoms with Crippen molar-refractivity contribution in [2.45, 2.75) is 5.92 Å². The topological polar surface area (TPSA) is 24.1 Å². The summed E-state index contributed by atoms with van der Waals surface area (Å²) < 4.78 is 1.11. The fourth-order valence-corrected chi connectivity index (χ4v) is 2.68. The van der Waals surface area contributed by atoms with Crippen molar-refractivity contribution in [1.82, 2.24) is 0 Å². The Bertz CT molecular complexity index is 539. The van der Waals surface area contributed by atoms with Crippen molar-refractivity contribution >= 4 is 27.3 Å². The van der Waals surface area contributed by atoms with Gasteiger partial charge in [-0.2, -0.15) is 0 Å². The molecule has 0 aliphatic carbocycles. The predicted molar refractivity (Wildman–Crippen MR) is 80.3 cm³/mol. The van der Waals surface area contributed by atoms with Crippen LogP contribution >= 0.6 is 15.9 Å². The molecule has 1 atom stereocenters. The van der Waals surface area contributed by atoms with Gasteiger partial charge in [-0.1, -0.05) is 46.3 Å². The first-order valence-corrected chi connectivity index (χ1v) is 6.94. The molecule has 2 aromatic rings. The molecule has 0 saturated heterocycles. The molecule has 92 valence electrons. The molecular formula is C15H15BrN2. The Labute approximate surface area is 116 Å². The number of benzene rings is 2. The van der Waals surface area contributed by atoms with Crippen LogP contribution in [-0.2, 0) is 0 Å². The molecule has 1 heterocycles. The van der Waals surface area contributed by atoms with Crippen molar-refractivity contribution in [3.05, 3.63) is 58.6 Å². The van der Waals surface area contributed by atoms with E-state index in [2.05, 4.69) is 75.1 Å². The Hall–Kier alpha value is -1.48. The van der Waals surface area contributed by atoms with Crippen molar-refractivity contribution in [2.75, 3.05) is 23.7 Å². The summed E-state index contributed by atoms with van der Waals surface area (Å²) in [6.07, 6.45) is 0. The monoisotopic (exact) mass is 302 g/mol. The van der Waals surface area contributed by atoms with E-state index in [0.29, 0.717) is 5.92 Å². The standard InChI is InChI=1S/C15H15BrN2/c16-13-6-7-14-15(8-13)18-10-12(9-17-14)11-4-2-1-3-5-11/h1-8,12,17-18H,9-10H2. The van der Waals surface area contributed by atoms with Gasteiger partial charge in [0.15, 0.2) is 0 Å². The molecule has 0 bridgehead atoms. The molecule has 1 aliphatic heterocycles. The Morgan fingerprint density at radius 2 is 1.61 bits per heavy atom. The molecule has 2 nitrogen and oxygen atoms in total. The maximum Gasteiger partial charge on any atom is 0.0587 e. The van der Waals surface area contributed by atoms with Crippen LogP contribution in [0, 0.1) is 0 Å². The minimum atomic E-state index is 0.498. The van der Waals surface area contributed by atoms with Gasteiger partial charge in [-0.25, -0.2) is 0 Å². The van der Waals surface area contributed by atoms with Crippen LogP contribution in [0.4, 0.5) is 11.4 Å². The van der Waals surface area contributed by atoms with Crippen LogP contribution in [0.3, 0.4) is 0 Å². The van der Waals surface area contributed by atoms with E-state index >= 15 is 0 Å². The number of hydrogen-bond acceptors (Lipinski definition) is 2. The molecule has 0 radical (unpaired) electrons. The summed E-state index contributed by atoms with van der Waals surface area (Å²) in [7, 11) is 0. The highest BCUT2D eigenvalue weighted by Gasteiger charge is 2.16. The molecule has 0 fully saturated rings. The van der Waals surface area contributed by atoms with E-state index < -0.39 is 0 Å². The van der Waals surface area contributed by atoms with Gasteiger partial charge < -0.3 is 10.6 Å². The summed E-state index contributed by atoms with van der Waals surface area (Å²) in [5, 5.41) is 7.04. The van der Waals surface area contributed by atoms with Gasteiger partial charge in [0.25, 0.3) is 0 Å². The predicted octanol–water partition coefficient (Wildman–Crippen LogP) is 4.07. The minimum Gasteiger partial charge on any atom is -0.383 e. The first-order valence-electron chi connectivity index (χ1n) is 6.15. The minimum absolute atomic E-state index is 0.498. The summed E-state index contributed by atoms with van der Waals surface area (Å²) >= 11 is 3.51. The molecule has 2 aromatic carbocycles. The van der Waals surface area contributed by atoms with Crippen LogP contribution in [0.5, 0.6) is 0 Å². The van der Waals surface area contributed by atoms with Crippen LogP contribution in [0.15, 0.2) is 53.0 Å². The smallest absolute Gasteiger partial charge is 0.0587 e. The maximum absolute atomic E-state index is 3.52. The summed E-state index contributed by atoms with van der Waals surface area (Å²) in [5.41, 5.74) is 3.73. The Balaban J connectivity index is 1.83. The second-order valence-electron chi connectivity index (χ2n) is 4.56. The maximum atomic E-state index is 3.52. The molecule has 3 rings (SSSR count). The number of fused-ring (bicyclic) bond motifs is 1. The van der Waals surface area contributed by atoms with Crippen LogP contribution in [-0.4, -0.2) is 13.1 Å². The normalized spacial score (nSPS) is 18.2. The third-order valence-electron chi connectivity index (χ3n) is 3.33. The van der Waals surface area contributed by atoms with E-state index in [1.165, 1.54) is 16.9 Å². The second kappa shape index (κ2) is 5.02. The average Bonchev–Trinajstić information content (AvgIpc) is 2.62.